The molecule has 2 heterocycles. The molecule has 0 amide bonds. The van der Waals surface area contributed by atoms with Crippen LogP contribution < -0.4 is 5.44 Å². The molecule has 0 atom stereocenters. The van der Waals surface area contributed by atoms with E-state index in [0.29, 0.717) is 0 Å². The maximum atomic E-state index is 5.36. The number of benzene rings is 3. The van der Waals surface area contributed by atoms with Gasteiger partial charge in [0.05, 0.1) is 0 Å². The normalized spacial score (nSPS) is 13.4. The van der Waals surface area contributed by atoms with Crippen molar-refractivity contribution in [1.82, 2.24) is 19.6 Å². The van der Waals surface area contributed by atoms with Gasteiger partial charge in [-0.05, 0) is 0 Å². The fraction of sp³-hybridized carbons (Fsp3) is 0.333. The van der Waals surface area contributed by atoms with Crippen LogP contribution in [0.15, 0.2) is 103 Å². The van der Waals surface area contributed by atoms with Gasteiger partial charge in [-0.25, -0.2) is 0 Å². The molecule has 2 aromatic heterocycles. The first-order valence-electron chi connectivity index (χ1n) is 14.6. The van der Waals surface area contributed by atoms with Gasteiger partial charge in [0.1, 0.15) is 0 Å². The zero-order valence-electron chi connectivity index (χ0n) is 26.1. The Morgan fingerprint density at radius 1 is 0.537 bits per heavy atom. The van der Waals surface area contributed by atoms with E-state index in [1.54, 1.807) is 0 Å². The predicted molar refractivity (Wildman–Crippen MR) is 179 cm³/mol. The quantitative estimate of drug-likeness (QED) is 0.200. The van der Waals surface area contributed by atoms with Crippen LogP contribution in [0.2, 0.25) is 0 Å². The predicted octanol–water partition coefficient (Wildman–Crippen LogP) is 9.16. The maximum absolute atomic E-state index is 5.36. The van der Waals surface area contributed by atoms with Crippen LogP contribution in [0.1, 0.15) is 62.3 Å². The van der Waals surface area contributed by atoms with Gasteiger partial charge in [0.25, 0.3) is 0 Å². The van der Waals surface area contributed by atoms with Gasteiger partial charge in [0.2, 0.25) is 0 Å². The number of nitrogens with zero attached hydrogens (tertiary/aromatic N) is 4. The fourth-order valence-corrected chi connectivity index (χ4v) is 18.2. The van der Waals surface area contributed by atoms with Crippen LogP contribution in [0.5, 0.6) is 0 Å². The van der Waals surface area contributed by atoms with Crippen molar-refractivity contribution < 1.29 is 0 Å². The van der Waals surface area contributed by atoms with Crippen LogP contribution in [0, 0.1) is 0 Å². The molecule has 0 bridgehead atoms. The van der Waals surface area contributed by atoms with E-state index in [9.17, 15) is 0 Å². The molecule has 0 saturated carbocycles. The second-order valence-corrected chi connectivity index (χ2v) is 20.7. The molecule has 5 heteroatoms. The van der Waals surface area contributed by atoms with E-state index < -0.39 is 7.26 Å². The summed E-state index contributed by atoms with van der Waals surface area (Å²) < 4.78 is 4.37. The zero-order valence-corrected chi connectivity index (χ0v) is 27.1. The first kappa shape index (κ1) is 29.0. The Morgan fingerprint density at radius 3 is 1.49 bits per heavy atom. The monoisotopic (exact) mass is 564 g/mol. The summed E-state index contributed by atoms with van der Waals surface area (Å²) in [4.78, 5) is 0. The fourth-order valence-electron chi connectivity index (χ4n) is 8.31. The van der Waals surface area contributed by atoms with Crippen LogP contribution in [0.3, 0.4) is 0 Å². The second kappa shape index (κ2) is 10.4. The third kappa shape index (κ3) is 4.77. The van der Waals surface area contributed by atoms with E-state index in [-0.39, 0.29) is 15.5 Å². The summed E-state index contributed by atoms with van der Waals surface area (Å²) in [7, 11) is -2.41. The van der Waals surface area contributed by atoms with Gasteiger partial charge in [0, 0.05) is 0 Å². The number of rotatable bonds is 5. The standard InChI is InChI=1S/C36H45N4P/c1-34(2,3)41(35(4,5)6,36(7,8)9)30-25-26-37-40(30)33-31(27-19-13-10-14-20-27)38-39(29-23-17-12-18-24-29)32(33)28-21-15-11-16-22-28/h10-26,41H,1-9H3. The molecule has 0 aliphatic carbocycles. The van der Waals surface area contributed by atoms with Crippen LogP contribution in [-0.2, 0) is 0 Å². The summed E-state index contributed by atoms with van der Waals surface area (Å²) in [5, 5.41) is 10.7. The Bertz CT molecular complexity index is 1570. The minimum absolute atomic E-state index is 0.0521. The van der Waals surface area contributed by atoms with Crippen molar-refractivity contribution in [3.05, 3.63) is 103 Å². The summed E-state index contributed by atoms with van der Waals surface area (Å²) in [5.41, 5.74) is 7.54. The summed E-state index contributed by atoms with van der Waals surface area (Å²) in [6, 6.07) is 33.9. The van der Waals surface area contributed by atoms with Gasteiger partial charge in [-0.1, -0.05) is 0 Å². The molecule has 0 spiro atoms. The van der Waals surface area contributed by atoms with E-state index >= 15 is 0 Å². The molecule has 5 aromatic rings. The molecule has 0 radical (unpaired) electrons. The molecule has 0 N–H and O–H groups in total. The van der Waals surface area contributed by atoms with E-state index in [0.717, 1.165) is 33.9 Å². The number of hydrogen-bond acceptors (Lipinski definition) is 2. The average molecular weight is 565 g/mol. The molecule has 214 valence electrons. The van der Waals surface area contributed by atoms with Gasteiger partial charge < -0.3 is 0 Å². The topological polar surface area (TPSA) is 35.6 Å². The Labute approximate surface area is 246 Å². The van der Waals surface area contributed by atoms with Gasteiger partial charge in [-0.3, -0.25) is 0 Å². The molecule has 0 unspecified atom stereocenters. The van der Waals surface area contributed by atoms with Crippen molar-refractivity contribution in [2.24, 2.45) is 0 Å². The molecular weight excluding hydrogens is 519 g/mol. The molecule has 0 aliphatic rings. The zero-order chi connectivity index (χ0) is 29.6. The molecule has 4 nitrogen and oxygen atoms in total. The van der Waals surface area contributed by atoms with E-state index in [1.807, 2.05) is 6.20 Å². The first-order chi connectivity index (χ1) is 19.3. The van der Waals surface area contributed by atoms with Crippen molar-refractivity contribution >= 4 is 12.7 Å². The molecule has 0 fully saturated rings. The van der Waals surface area contributed by atoms with E-state index in [1.165, 1.54) is 5.44 Å². The molecule has 41 heavy (non-hydrogen) atoms. The van der Waals surface area contributed by atoms with Crippen molar-refractivity contribution in [2.75, 3.05) is 0 Å². The van der Waals surface area contributed by atoms with E-state index in [4.69, 9.17) is 10.2 Å². The summed E-state index contributed by atoms with van der Waals surface area (Å²) in [5.74, 6) is 0. The van der Waals surface area contributed by atoms with Crippen LogP contribution in [-0.4, -0.2) is 35.0 Å². The number of hydrogen-bond donors (Lipinski definition) is 0. The molecule has 0 aliphatic heterocycles. The minimum atomic E-state index is -2.41. The van der Waals surface area contributed by atoms with Gasteiger partial charge in [-0.2, -0.15) is 0 Å². The number of para-hydroxylation sites is 1. The Balaban J connectivity index is 1.98. The van der Waals surface area contributed by atoms with Gasteiger partial charge >= 0.3 is 247 Å². The third-order valence-corrected chi connectivity index (χ3v) is 16.5. The van der Waals surface area contributed by atoms with Crippen LogP contribution in [0.4, 0.5) is 0 Å². The van der Waals surface area contributed by atoms with E-state index in [2.05, 4.69) is 169 Å². The van der Waals surface area contributed by atoms with Crippen LogP contribution >= 0.6 is 7.26 Å². The number of aromatic nitrogens is 4. The Morgan fingerprint density at radius 2 is 1.00 bits per heavy atom. The van der Waals surface area contributed by atoms with Crippen molar-refractivity contribution in [1.29, 1.82) is 0 Å². The van der Waals surface area contributed by atoms with Crippen LogP contribution in [0.25, 0.3) is 33.9 Å². The third-order valence-electron chi connectivity index (χ3n) is 8.57. The molecule has 0 saturated heterocycles. The summed E-state index contributed by atoms with van der Waals surface area (Å²) in [6.45, 7) is 22.0. The average Bonchev–Trinajstić information content (AvgIpc) is 3.53. The van der Waals surface area contributed by atoms with Gasteiger partial charge in [-0.15, -0.1) is 0 Å². The molecular formula is C36H45N4P. The summed E-state index contributed by atoms with van der Waals surface area (Å²) in [6.07, 6.45) is 2.00. The van der Waals surface area contributed by atoms with Crippen molar-refractivity contribution in [3.63, 3.8) is 0 Å². The Kier molecular flexibility index (Phi) is 7.37. The second-order valence-electron chi connectivity index (χ2n) is 14.2. The van der Waals surface area contributed by atoms with Crippen molar-refractivity contribution in [2.45, 2.75) is 77.8 Å². The molecule has 5 rings (SSSR count). The van der Waals surface area contributed by atoms with Gasteiger partial charge in [0.15, 0.2) is 0 Å². The SMILES string of the molecule is CC(C)(C)[PH](c1ccnn1-c1c(-c2ccccc2)nn(-c2ccccc2)c1-c1ccccc1)(C(C)(C)C)C(C)(C)C. The van der Waals surface area contributed by atoms with Crippen molar-refractivity contribution in [3.8, 4) is 33.9 Å². The first-order valence-corrected chi connectivity index (χ1v) is 16.6. The molecule has 3 aromatic carbocycles. The summed E-state index contributed by atoms with van der Waals surface area (Å²) >= 11 is 0. The Hall–Kier alpha value is -3.49.